The zero-order valence-corrected chi connectivity index (χ0v) is 14.3. The van der Waals surface area contributed by atoms with Crippen molar-refractivity contribution in [2.24, 2.45) is 0 Å². The van der Waals surface area contributed by atoms with Crippen LogP contribution < -0.4 is 15.4 Å². The molecule has 25 heavy (non-hydrogen) atoms. The SMILES string of the molecule is COc1ccc(CC(C)(O)CNC(=O)C(=O)Nc2ccccc2)cc1. The van der Waals surface area contributed by atoms with Crippen molar-refractivity contribution in [1.82, 2.24) is 5.32 Å². The lowest BCUT2D eigenvalue weighted by Gasteiger charge is -2.23. The van der Waals surface area contributed by atoms with Gasteiger partial charge in [0.2, 0.25) is 0 Å². The summed E-state index contributed by atoms with van der Waals surface area (Å²) in [6.07, 6.45) is 0.331. The predicted molar refractivity (Wildman–Crippen MR) is 95.4 cm³/mol. The third-order valence-corrected chi connectivity index (χ3v) is 3.61. The van der Waals surface area contributed by atoms with Crippen LogP contribution >= 0.6 is 0 Å². The summed E-state index contributed by atoms with van der Waals surface area (Å²) in [6.45, 7) is 1.56. The van der Waals surface area contributed by atoms with E-state index in [0.717, 1.165) is 11.3 Å². The number of carbonyl (C=O) groups is 2. The van der Waals surface area contributed by atoms with Crippen LogP contribution in [0, 0.1) is 0 Å². The Labute approximate surface area is 146 Å². The second-order valence-electron chi connectivity index (χ2n) is 6.02. The average Bonchev–Trinajstić information content (AvgIpc) is 2.61. The van der Waals surface area contributed by atoms with Gasteiger partial charge in [0.25, 0.3) is 0 Å². The quantitative estimate of drug-likeness (QED) is 0.698. The molecular weight excluding hydrogens is 320 g/mol. The van der Waals surface area contributed by atoms with Crippen LogP contribution in [0.25, 0.3) is 0 Å². The second-order valence-corrected chi connectivity index (χ2v) is 6.02. The van der Waals surface area contributed by atoms with Crippen LogP contribution in [0.1, 0.15) is 12.5 Å². The topological polar surface area (TPSA) is 87.7 Å². The number of ether oxygens (including phenoxy) is 1. The number of amides is 2. The standard InChI is InChI=1S/C19H22N2O4/c1-19(24,12-14-8-10-16(25-2)11-9-14)13-20-17(22)18(23)21-15-6-4-3-5-7-15/h3-11,24H,12-13H2,1-2H3,(H,20,22)(H,21,23). The van der Waals surface area contributed by atoms with E-state index in [9.17, 15) is 14.7 Å². The van der Waals surface area contributed by atoms with E-state index in [-0.39, 0.29) is 6.54 Å². The van der Waals surface area contributed by atoms with Gasteiger partial charge in [-0.15, -0.1) is 0 Å². The molecule has 0 fully saturated rings. The van der Waals surface area contributed by atoms with Crippen LogP contribution in [0.2, 0.25) is 0 Å². The molecule has 0 aliphatic carbocycles. The Morgan fingerprint density at radius 3 is 2.28 bits per heavy atom. The number of carbonyl (C=O) groups excluding carboxylic acids is 2. The normalized spacial score (nSPS) is 12.8. The molecule has 0 aliphatic rings. The number of benzene rings is 2. The van der Waals surface area contributed by atoms with Crippen LogP contribution in [0.15, 0.2) is 54.6 Å². The van der Waals surface area contributed by atoms with Crippen molar-refractivity contribution >= 4 is 17.5 Å². The first kappa shape index (κ1) is 18.5. The van der Waals surface area contributed by atoms with Crippen molar-refractivity contribution in [3.63, 3.8) is 0 Å². The van der Waals surface area contributed by atoms with E-state index in [1.807, 2.05) is 18.2 Å². The summed E-state index contributed by atoms with van der Waals surface area (Å²) in [7, 11) is 1.58. The van der Waals surface area contributed by atoms with Gasteiger partial charge < -0.3 is 20.5 Å². The molecule has 0 aromatic heterocycles. The van der Waals surface area contributed by atoms with Crippen LogP contribution in [-0.2, 0) is 16.0 Å². The monoisotopic (exact) mass is 342 g/mol. The van der Waals surface area contributed by atoms with Gasteiger partial charge in [-0.2, -0.15) is 0 Å². The Morgan fingerprint density at radius 1 is 1.04 bits per heavy atom. The molecule has 1 unspecified atom stereocenters. The van der Waals surface area contributed by atoms with Crippen molar-refractivity contribution in [2.75, 3.05) is 19.0 Å². The smallest absolute Gasteiger partial charge is 0.313 e. The fourth-order valence-corrected chi connectivity index (χ4v) is 2.31. The first-order chi connectivity index (χ1) is 11.9. The molecule has 0 spiro atoms. The number of aliphatic hydroxyl groups is 1. The number of anilines is 1. The molecule has 0 saturated carbocycles. The molecule has 0 heterocycles. The third-order valence-electron chi connectivity index (χ3n) is 3.61. The molecule has 2 rings (SSSR count). The number of methoxy groups -OCH3 is 1. The summed E-state index contributed by atoms with van der Waals surface area (Å²) in [6, 6.07) is 16.0. The van der Waals surface area contributed by atoms with E-state index in [0.29, 0.717) is 12.1 Å². The summed E-state index contributed by atoms with van der Waals surface area (Å²) < 4.78 is 5.09. The predicted octanol–water partition coefficient (Wildman–Crippen LogP) is 1.74. The fourth-order valence-electron chi connectivity index (χ4n) is 2.31. The van der Waals surface area contributed by atoms with Crippen molar-refractivity contribution < 1.29 is 19.4 Å². The Kier molecular flexibility index (Phi) is 6.14. The van der Waals surface area contributed by atoms with Gasteiger partial charge in [0, 0.05) is 18.7 Å². The average molecular weight is 342 g/mol. The van der Waals surface area contributed by atoms with Gasteiger partial charge in [-0.3, -0.25) is 9.59 Å². The van der Waals surface area contributed by atoms with Gasteiger partial charge in [-0.1, -0.05) is 30.3 Å². The second kappa shape index (κ2) is 8.30. The van der Waals surface area contributed by atoms with E-state index in [2.05, 4.69) is 10.6 Å². The number of rotatable bonds is 6. The maximum atomic E-state index is 11.9. The summed E-state index contributed by atoms with van der Waals surface area (Å²) in [5.41, 5.74) is 0.249. The largest absolute Gasteiger partial charge is 0.497 e. The Bertz CT molecular complexity index is 712. The minimum absolute atomic E-state index is 0.0416. The fraction of sp³-hybridized carbons (Fsp3) is 0.263. The third kappa shape index (κ3) is 5.93. The zero-order chi connectivity index (χ0) is 18.3. The van der Waals surface area contributed by atoms with Crippen molar-refractivity contribution in [1.29, 1.82) is 0 Å². The highest BCUT2D eigenvalue weighted by Crippen LogP contribution is 2.16. The van der Waals surface area contributed by atoms with Gasteiger partial charge in [0.1, 0.15) is 5.75 Å². The van der Waals surface area contributed by atoms with Crippen molar-refractivity contribution in [3.05, 3.63) is 60.2 Å². The first-order valence-electron chi connectivity index (χ1n) is 7.89. The summed E-state index contributed by atoms with van der Waals surface area (Å²) >= 11 is 0. The van der Waals surface area contributed by atoms with Crippen LogP contribution in [0.4, 0.5) is 5.69 Å². The highest BCUT2D eigenvalue weighted by molar-refractivity contribution is 6.39. The molecule has 3 N–H and O–H groups in total. The van der Waals surface area contributed by atoms with E-state index < -0.39 is 17.4 Å². The molecule has 1 atom stereocenters. The van der Waals surface area contributed by atoms with Gasteiger partial charge in [-0.05, 0) is 36.8 Å². The zero-order valence-electron chi connectivity index (χ0n) is 14.3. The molecule has 0 radical (unpaired) electrons. The molecular formula is C19H22N2O4. The highest BCUT2D eigenvalue weighted by Gasteiger charge is 2.24. The Hall–Kier alpha value is -2.86. The molecule has 6 nitrogen and oxygen atoms in total. The molecule has 0 aliphatic heterocycles. The number of hydrogen-bond acceptors (Lipinski definition) is 4. The highest BCUT2D eigenvalue weighted by atomic mass is 16.5. The maximum absolute atomic E-state index is 11.9. The van der Waals surface area contributed by atoms with E-state index in [1.54, 1.807) is 50.4 Å². The lowest BCUT2D eigenvalue weighted by molar-refractivity contribution is -0.136. The lowest BCUT2D eigenvalue weighted by Crippen LogP contribution is -2.45. The Balaban J connectivity index is 1.85. The van der Waals surface area contributed by atoms with Crippen LogP contribution in [0.3, 0.4) is 0 Å². The summed E-state index contributed by atoms with van der Waals surface area (Å²) in [5, 5.41) is 15.4. The maximum Gasteiger partial charge on any atom is 0.313 e. The minimum atomic E-state index is -1.18. The molecule has 2 aromatic rings. The summed E-state index contributed by atoms with van der Waals surface area (Å²) in [4.78, 5) is 23.7. The molecule has 2 amide bonds. The van der Waals surface area contributed by atoms with Gasteiger partial charge in [-0.25, -0.2) is 0 Å². The van der Waals surface area contributed by atoms with Crippen molar-refractivity contribution in [2.45, 2.75) is 18.9 Å². The number of nitrogens with one attached hydrogen (secondary N) is 2. The molecule has 6 heteroatoms. The lowest BCUT2D eigenvalue weighted by atomic mass is 9.96. The van der Waals surface area contributed by atoms with Crippen molar-refractivity contribution in [3.8, 4) is 5.75 Å². The summed E-state index contributed by atoms with van der Waals surface area (Å²) in [5.74, 6) is -0.834. The van der Waals surface area contributed by atoms with Crippen LogP contribution in [0.5, 0.6) is 5.75 Å². The van der Waals surface area contributed by atoms with Gasteiger partial charge in [0.15, 0.2) is 0 Å². The van der Waals surface area contributed by atoms with Gasteiger partial charge in [0.05, 0.1) is 12.7 Å². The van der Waals surface area contributed by atoms with E-state index in [4.69, 9.17) is 4.74 Å². The van der Waals surface area contributed by atoms with E-state index >= 15 is 0 Å². The minimum Gasteiger partial charge on any atom is -0.497 e. The Morgan fingerprint density at radius 2 is 1.68 bits per heavy atom. The molecule has 0 bridgehead atoms. The molecule has 132 valence electrons. The molecule has 0 saturated heterocycles. The van der Waals surface area contributed by atoms with E-state index in [1.165, 1.54) is 0 Å². The van der Waals surface area contributed by atoms with Gasteiger partial charge >= 0.3 is 11.8 Å². The first-order valence-corrected chi connectivity index (χ1v) is 7.89. The number of hydrogen-bond donors (Lipinski definition) is 3. The number of para-hydroxylation sites is 1. The van der Waals surface area contributed by atoms with Crippen LogP contribution in [-0.4, -0.2) is 36.2 Å². The molecule has 2 aromatic carbocycles.